The highest BCUT2D eigenvalue weighted by Gasteiger charge is 2.33. The van der Waals surface area contributed by atoms with Crippen LogP contribution in [0.25, 0.3) is 5.57 Å². The summed E-state index contributed by atoms with van der Waals surface area (Å²) in [5.74, 6) is 0.400. The first-order chi connectivity index (χ1) is 9.59. The third-order valence-corrected chi connectivity index (χ3v) is 4.79. The van der Waals surface area contributed by atoms with E-state index < -0.39 is 0 Å². The average molecular weight is 264 g/mol. The third kappa shape index (κ3) is 2.70. The van der Waals surface area contributed by atoms with Crippen molar-refractivity contribution in [2.45, 2.75) is 32.6 Å². The molecule has 0 radical (unpaired) electrons. The molecule has 0 aliphatic rings. The second kappa shape index (κ2) is 6.09. The lowest BCUT2D eigenvalue weighted by atomic mass is 9.67. The molecule has 0 nitrogen and oxygen atoms in total. The van der Waals surface area contributed by atoms with Gasteiger partial charge >= 0.3 is 0 Å². The lowest BCUT2D eigenvalue weighted by Crippen LogP contribution is -2.30. The van der Waals surface area contributed by atoms with Crippen LogP contribution < -0.4 is 0 Å². The highest BCUT2D eigenvalue weighted by Crippen LogP contribution is 2.41. The predicted molar refractivity (Wildman–Crippen MR) is 88.7 cm³/mol. The van der Waals surface area contributed by atoms with Gasteiger partial charge in [-0.15, -0.1) is 0 Å². The zero-order chi connectivity index (χ0) is 14.6. The summed E-state index contributed by atoms with van der Waals surface area (Å²) in [6, 6.07) is 21.3. The fourth-order valence-electron chi connectivity index (χ4n) is 2.87. The van der Waals surface area contributed by atoms with Gasteiger partial charge in [0, 0.05) is 0 Å². The van der Waals surface area contributed by atoms with E-state index >= 15 is 0 Å². The molecule has 0 aliphatic carbocycles. The molecule has 2 atom stereocenters. The SMILES string of the molecule is C=C(c1ccccc1)C(C)C(C)(CC)c1ccccc1. The normalized spacial score (nSPS) is 15.3. The van der Waals surface area contributed by atoms with E-state index in [0.717, 1.165) is 6.42 Å². The molecule has 0 amide bonds. The summed E-state index contributed by atoms with van der Waals surface area (Å²) in [4.78, 5) is 0. The zero-order valence-electron chi connectivity index (χ0n) is 12.8. The third-order valence-electron chi connectivity index (χ3n) is 4.79. The van der Waals surface area contributed by atoms with E-state index in [9.17, 15) is 0 Å². The van der Waals surface area contributed by atoms with Crippen molar-refractivity contribution in [3.8, 4) is 0 Å². The molecule has 0 N–H and O–H groups in total. The fourth-order valence-corrected chi connectivity index (χ4v) is 2.87. The van der Waals surface area contributed by atoms with Crippen molar-refractivity contribution in [1.82, 2.24) is 0 Å². The number of hydrogen-bond donors (Lipinski definition) is 0. The Hall–Kier alpha value is -1.82. The Morgan fingerprint density at radius 2 is 1.50 bits per heavy atom. The summed E-state index contributed by atoms with van der Waals surface area (Å²) >= 11 is 0. The van der Waals surface area contributed by atoms with Crippen molar-refractivity contribution in [2.75, 3.05) is 0 Å². The Morgan fingerprint density at radius 3 is 2.00 bits per heavy atom. The highest BCUT2D eigenvalue weighted by molar-refractivity contribution is 5.66. The molecule has 0 heteroatoms. The first-order valence-corrected chi connectivity index (χ1v) is 7.39. The maximum absolute atomic E-state index is 4.36. The van der Waals surface area contributed by atoms with Crippen LogP contribution in [0.5, 0.6) is 0 Å². The molecule has 0 saturated heterocycles. The smallest absolute Gasteiger partial charge is 0.00119 e. The van der Waals surface area contributed by atoms with Crippen LogP contribution in [0.2, 0.25) is 0 Å². The lowest BCUT2D eigenvalue weighted by Gasteiger charge is -2.37. The highest BCUT2D eigenvalue weighted by atomic mass is 14.4. The minimum atomic E-state index is 0.119. The van der Waals surface area contributed by atoms with Gasteiger partial charge in [0.2, 0.25) is 0 Å². The van der Waals surface area contributed by atoms with E-state index in [-0.39, 0.29) is 5.41 Å². The fraction of sp³-hybridized carbons (Fsp3) is 0.300. The molecule has 2 rings (SSSR count). The summed E-state index contributed by atoms with van der Waals surface area (Å²) in [6.45, 7) is 11.3. The van der Waals surface area contributed by atoms with E-state index in [0.29, 0.717) is 5.92 Å². The number of allylic oxidation sites excluding steroid dienone is 1. The largest absolute Gasteiger partial charge is 0.0949 e. The van der Waals surface area contributed by atoms with Crippen LogP contribution in [-0.4, -0.2) is 0 Å². The summed E-state index contributed by atoms with van der Waals surface area (Å²) in [5.41, 5.74) is 3.98. The van der Waals surface area contributed by atoms with Crippen molar-refractivity contribution in [1.29, 1.82) is 0 Å². The zero-order valence-corrected chi connectivity index (χ0v) is 12.8. The van der Waals surface area contributed by atoms with Crippen molar-refractivity contribution in [3.63, 3.8) is 0 Å². The van der Waals surface area contributed by atoms with Gasteiger partial charge in [-0.2, -0.15) is 0 Å². The van der Waals surface area contributed by atoms with Gasteiger partial charge in [0.05, 0.1) is 0 Å². The van der Waals surface area contributed by atoms with E-state index in [1.165, 1.54) is 16.7 Å². The number of rotatable bonds is 5. The molecule has 0 bridgehead atoms. The topological polar surface area (TPSA) is 0 Å². The van der Waals surface area contributed by atoms with Crippen LogP contribution in [0.1, 0.15) is 38.3 Å². The van der Waals surface area contributed by atoms with Gasteiger partial charge < -0.3 is 0 Å². The van der Waals surface area contributed by atoms with Crippen LogP contribution in [0.15, 0.2) is 67.2 Å². The van der Waals surface area contributed by atoms with Gasteiger partial charge in [0.15, 0.2) is 0 Å². The molecule has 2 aromatic carbocycles. The van der Waals surface area contributed by atoms with Crippen molar-refractivity contribution < 1.29 is 0 Å². The van der Waals surface area contributed by atoms with Crippen LogP contribution in [0, 0.1) is 5.92 Å². The molecule has 0 fully saturated rings. The van der Waals surface area contributed by atoms with E-state index in [1.807, 2.05) is 0 Å². The van der Waals surface area contributed by atoms with Crippen molar-refractivity contribution >= 4 is 5.57 Å². The summed E-state index contributed by atoms with van der Waals surface area (Å²) < 4.78 is 0. The standard InChI is InChI=1S/C20H24/c1-5-20(4,19-14-10-7-11-15-19)17(3)16(2)18-12-8-6-9-13-18/h6-15,17H,2,5H2,1,3-4H3. The minimum absolute atomic E-state index is 0.119. The van der Waals surface area contributed by atoms with Crippen molar-refractivity contribution in [2.24, 2.45) is 5.92 Å². The quantitative estimate of drug-likeness (QED) is 0.649. The molecule has 104 valence electrons. The first kappa shape index (κ1) is 14.6. The van der Waals surface area contributed by atoms with Crippen LogP contribution >= 0.6 is 0 Å². The molecule has 2 unspecified atom stereocenters. The van der Waals surface area contributed by atoms with Gasteiger partial charge in [-0.3, -0.25) is 0 Å². The van der Waals surface area contributed by atoms with Crippen molar-refractivity contribution in [3.05, 3.63) is 78.4 Å². The van der Waals surface area contributed by atoms with Gasteiger partial charge in [-0.1, -0.05) is 88.0 Å². The molecule has 0 heterocycles. The average Bonchev–Trinajstić information content (AvgIpc) is 2.54. The van der Waals surface area contributed by atoms with E-state index in [4.69, 9.17) is 0 Å². The number of hydrogen-bond acceptors (Lipinski definition) is 0. The monoisotopic (exact) mass is 264 g/mol. The predicted octanol–water partition coefficient (Wildman–Crippen LogP) is 5.70. The summed E-state index contributed by atoms with van der Waals surface area (Å²) in [5, 5.41) is 0. The second-order valence-corrected chi connectivity index (χ2v) is 5.75. The van der Waals surface area contributed by atoms with Crippen LogP contribution in [-0.2, 0) is 5.41 Å². The Kier molecular flexibility index (Phi) is 4.44. The molecule has 0 aliphatic heterocycles. The molecule has 20 heavy (non-hydrogen) atoms. The van der Waals surface area contributed by atoms with Gasteiger partial charge in [0.25, 0.3) is 0 Å². The Bertz CT molecular complexity index is 553. The van der Waals surface area contributed by atoms with Gasteiger partial charge in [-0.05, 0) is 34.5 Å². The Morgan fingerprint density at radius 1 is 1.00 bits per heavy atom. The summed E-state index contributed by atoms with van der Waals surface area (Å²) in [7, 11) is 0. The molecular formula is C20H24. The van der Waals surface area contributed by atoms with Crippen LogP contribution in [0.4, 0.5) is 0 Å². The molecular weight excluding hydrogens is 240 g/mol. The molecule has 0 saturated carbocycles. The maximum Gasteiger partial charge on any atom is -0.00119 e. The van der Waals surface area contributed by atoms with E-state index in [1.54, 1.807) is 0 Å². The van der Waals surface area contributed by atoms with E-state index in [2.05, 4.69) is 88.0 Å². The minimum Gasteiger partial charge on any atom is -0.0949 e. The van der Waals surface area contributed by atoms with Crippen LogP contribution in [0.3, 0.4) is 0 Å². The molecule has 2 aromatic rings. The summed E-state index contributed by atoms with van der Waals surface area (Å²) in [6.07, 6.45) is 1.10. The van der Waals surface area contributed by atoms with Gasteiger partial charge in [0.1, 0.15) is 0 Å². The van der Waals surface area contributed by atoms with Gasteiger partial charge in [-0.25, -0.2) is 0 Å². The Balaban J connectivity index is 2.34. The molecule has 0 spiro atoms. The number of benzene rings is 2. The Labute approximate surface area is 123 Å². The lowest BCUT2D eigenvalue weighted by molar-refractivity contribution is 0.367. The molecule has 0 aromatic heterocycles. The second-order valence-electron chi connectivity index (χ2n) is 5.75. The maximum atomic E-state index is 4.36. The first-order valence-electron chi connectivity index (χ1n) is 7.39.